The Morgan fingerprint density at radius 3 is 2.54 bits per heavy atom. The van der Waals surface area contributed by atoms with E-state index in [4.69, 9.17) is 0 Å². The number of nitrogens with zero attached hydrogens (tertiary/aromatic N) is 3. The minimum absolute atomic E-state index is 0.0154. The van der Waals surface area contributed by atoms with E-state index in [-0.39, 0.29) is 24.5 Å². The number of aliphatic hydroxyl groups excluding tert-OH is 1. The molecular formula is C19H25N3O2. The van der Waals surface area contributed by atoms with Crippen molar-refractivity contribution in [2.45, 2.75) is 43.7 Å². The molecule has 1 aromatic carbocycles. The van der Waals surface area contributed by atoms with Crippen molar-refractivity contribution in [1.82, 2.24) is 9.80 Å². The fourth-order valence-electron chi connectivity index (χ4n) is 3.99. The Kier molecular flexibility index (Phi) is 5.49. The Labute approximate surface area is 143 Å². The van der Waals surface area contributed by atoms with Gasteiger partial charge in [-0.25, -0.2) is 0 Å². The maximum atomic E-state index is 12.6. The normalized spacial score (nSPS) is 27.3. The minimum atomic E-state index is -0.474. The molecule has 0 aromatic heterocycles. The summed E-state index contributed by atoms with van der Waals surface area (Å²) in [5.41, 5.74) is 1.02. The second kappa shape index (κ2) is 7.78. The Bertz CT molecular complexity index is 592. The van der Waals surface area contributed by atoms with Crippen molar-refractivity contribution in [3.8, 4) is 6.07 Å². The van der Waals surface area contributed by atoms with Crippen molar-refractivity contribution in [3.63, 3.8) is 0 Å². The van der Waals surface area contributed by atoms with Gasteiger partial charge in [0.25, 0.3) is 0 Å². The van der Waals surface area contributed by atoms with Crippen LogP contribution in [0.5, 0.6) is 0 Å². The monoisotopic (exact) mass is 327 g/mol. The predicted molar refractivity (Wildman–Crippen MR) is 91.2 cm³/mol. The zero-order valence-electron chi connectivity index (χ0n) is 14.0. The molecule has 3 rings (SSSR count). The number of nitriles is 1. The van der Waals surface area contributed by atoms with Gasteiger partial charge in [0.15, 0.2) is 0 Å². The molecule has 0 spiro atoms. The number of amides is 1. The molecule has 0 radical (unpaired) electrons. The van der Waals surface area contributed by atoms with Gasteiger partial charge in [-0.1, -0.05) is 36.8 Å². The van der Waals surface area contributed by atoms with Crippen LogP contribution >= 0.6 is 0 Å². The zero-order valence-corrected chi connectivity index (χ0v) is 14.0. The van der Waals surface area contributed by atoms with Crippen molar-refractivity contribution in [2.75, 3.05) is 26.2 Å². The van der Waals surface area contributed by atoms with Crippen molar-refractivity contribution < 1.29 is 9.90 Å². The van der Waals surface area contributed by atoms with Gasteiger partial charge in [0.2, 0.25) is 5.91 Å². The summed E-state index contributed by atoms with van der Waals surface area (Å²) in [4.78, 5) is 16.5. The highest BCUT2D eigenvalue weighted by Gasteiger charge is 2.51. The number of carbonyl (C=O) groups excluding carboxylic acids is 1. The van der Waals surface area contributed by atoms with E-state index in [2.05, 4.69) is 11.0 Å². The number of hydrogen-bond acceptors (Lipinski definition) is 4. The van der Waals surface area contributed by atoms with E-state index in [1.54, 1.807) is 4.90 Å². The molecule has 0 saturated carbocycles. The van der Waals surface area contributed by atoms with Gasteiger partial charge < -0.3 is 14.9 Å². The average molecular weight is 327 g/mol. The van der Waals surface area contributed by atoms with Crippen LogP contribution < -0.4 is 0 Å². The number of rotatable bonds is 5. The molecule has 128 valence electrons. The number of piperidine rings is 1. The highest BCUT2D eigenvalue weighted by Crippen LogP contribution is 2.40. The second-order valence-electron chi connectivity index (χ2n) is 6.71. The molecule has 1 amide bonds. The molecule has 24 heavy (non-hydrogen) atoms. The zero-order chi connectivity index (χ0) is 16.9. The Balaban J connectivity index is 1.64. The quantitative estimate of drug-likeness (QED) is 0.894. The first-order chi connectivity index (χ1) is 11.8. The first kappa shape index (κ1) is 16.9. The lowest BCUT2D eigenvalue weighted by Crippen LogP contribution is -2.65. The van der Waals surface area contributed by atoms with Crippen LogP contribution in [0.25, 0.3) is 0 Å². The number of carbonyl (C=O) groups is 1. The van der Waals surface area contributed by atoms with Gasteiger partial charge in [-0.3, -0.25) is 4.79 Å². The smallest absolute Gasteiger partial charge is 0.225 e. The first-order valence-corrected chi connectivity index (χ1v) is 8.85. The SMILES string of the molecule is N#C[C@H]1[C@@H](c2ccccc2)[C@@H](CO)N1C(=O)CCN1CCCCC1. The van der Waals surface area contributed by atoms with Crippen molar-refractivity contribution in [3.05, 3.63) is 35.9 Å². The fourth-order valence-corrected chi connectivity index (χ4v) is 3.99. The maximum absolute atomic E-state index is 12.6. The van der Waals surface area contributed by atoms with Gasteiger partial charge in [-0.05, 0) is 31.5 Å². The molecule has 2 saturated heterocycles. The van der Waals surface area contributed by atoms with Crippen LogP contribution in [-0.4, -0.2) is 59.1 Å². The summed E-state index contributed by atoms with van der Waals surface area (Å²) in [6.45, 7) is 2.77. The lowest BCUT2D eigenvalue weighted by atomic mass is 9.75. The molecule has 0 bridgehead atoms. The largest absolute Gasteiger partial charge is 0.394 e. The molecule has 3 atom stereocenters. The standard InChI is InChI=1S/C19H25N3O2/c20-13-16-19(15-7-3-1-4-8-15)17(14-23)22(16)18(24)9-12-21-10-5-2-6-11-21/h1,3-4,7-8,16-17,19,23H,2,5-6,9-12,14H2/t16-,17+,19+/m0/s1. The van der Waals surface area contributed by atoms with E-state index in [9.17, 15) is 15.2 Å². The highest BCUT2D eigenvalue weighted by atomic mass is 16.3. The van der Waals surface area contributed by atoms with E-state index >= 15 is 0 Å². The predicted octanol–water partition coefficient (Wildman–Crippen LogP) is 1.74. The molecule has 2 aliphatic rings. The van der Waals surface area contributed by atoms with Crippen LogP contribution in [0.4, 0.5) is 0 Å². The Morgan fingerprint density at radius 2 is 1.92 bits per heavy atom. The molecule has 0 aliphatic carbocycles. The summed E-state index contributed by atoms with van der Waals surface area (Å²) >= 11 is 0. The molecule has 1 N–H and O–H groups in total. The average Bonchev–Trinajstić information content (AvgIpc) is 2.61. The Hall–Kier alpha value is -1.90. The van der Waals surface area contributed by atoms with E-state index < -0.39 is 6.04 Å². The molecular weight excluding hydrogens is 302 g/mol. The van der Waals surface area contributed by atoms with Gasteiger partial charge in [0.1, 0.15) is 6.04 Å². The number of aliphatic hydroxyl groups is 1. The highest BCUT2D eigenvalue weighted by molar-refractivity contribution is 5.79. The Morgan fingerprint density at radius 1 is 1.21 bits per heavy atom. The number of hydrogen-bond donors (Lipinski definition) is 1. The van der Waals surface area contributed by atoms with Gasteiger partial charge in [0, 0.05) is 18.9 Å². The van der Waals surface area contributed by atoms with Crippen LogP contribution in [0, 0.1) is 11.3 Å². The topological polar surface area (TPSA) is 67.6 Å². The first-order valence-electron chi connectivity index (χ1n) is 8.85. The van der Waals surface area contributed by atoms with Gasteiger partial charge >= 0.3 is 0 Å². The van der Waals surface area contributed by atoms with Gasteiger partial charge in [-0.2, -0.15) is 5.26 Å². The van der Waals surface area contributed by atoms with Crippen LogP contribution in [-0.2, 0) is 4.79 Å². The second-order valence-corrected chi connectivity index (χ2v) is 6.71. The third-order valence-electron chi connectivity index (χ3n) is 5.29. The lowest BCUT2D eigenvalue weighted by Gasteiger charge is -2.51. The number of benzene rings is 1. The van der Waals surface area contributed by atoms with Crippen molar-refractivity contribution >= 4 is 5.91 Å². The summed E-state index contributed by atoms with van der Waals surface area (Å²) in [7, 11) is 0. The summed E-state index contributed by atoms with van der Waals surface area (Å²) in [5.74, 6) is -0.113. The van der Waals surface area contributed by atoms with Crippen LogP contribution in [0.1, 0.15) is 37.2 Å². The molecule has 2 heterocycles. The fraction of sp³-hybridized carbons (Fsp3) is 0.579. The third kappa shape index (κ3) is 3.31. The van der Waals surface area contributed by atoms with Crippen molar-refractivity contribution in [1.29, 1.82) is 5.26 Å². The summed E-state index contributed by atoms with van der Waals surface area (Å²) in [6, 6.07) is 11.2. The minimum Gasteiger partial charge on any atom is -0.394 e. The molecule has 1 aromatic rings. The van der Waals surface area contributed by atoms with Crippen molar-refractivity contribution in [2.24, 2.45) is 0 Å². The molecule has 2 fully saturated rings. The third-order valence-corrected chi connectivity index (χ3v) is 5.29. The molecule has 5 heteroatoms. The lowest BCUT2D eigenvalue weighted by molar-refractivity contribution is -0.147. The maximum Gasteiger partial charge on any atom is 0.225 e. The van der Waals surface area contributed by atoms with Crippen LogP contribution in [0.2, 0.25) is 0 Å². The number of likely N-dealkylation sites (tertiary alicyclic amines) is 2. The molecule has 5 nitrogen and oxygen atoms in total. The van der Waals surface area contributed by atoms with Gasteiger partial charge in [0.05, 0.1) is 18.7 Å². The van der Waals surface area contributed by atoms with Crippen LogP contribution in [0.15, 0.2) is 30.3 Å². The summed E-state index contributed by atoms with van der Waals surface area (Å²) in [5, 5.41) is 19.3. The summed E-state index contributed by atoms with van der Waals surface area (Å²) < 4.78 is 0. The van der Waals surface area contributed by atoms with E-state index in [0.29, 0.717) is 6.42 Å². The summed E-state index contributed by atoms with van der Waals surface area (Å²) in [6.07, 6.45) is 4.11. The van der Waals surface area contributed by atoms with Gasteiger partial charge in [-0.15, -0.1) is 0 Å². The van der Waals surface area contributed by atoms with E-state index in [0.717, 1.165) is 25.2 Å². The molecule has 2 aliphatic heterocycles. The van der Waals surface area contributed by atoms with E-state index in [1.165, 1.54) is 19.3 Å². The molecule has 0 unspecified atom stereocenters. The van der Waals surface area contributed by atoms with E-state index in [1.807, 2.05) is 30.3 Å². The van der Waals surface area contributed by atoms with Crippen LogP contribution in [0.3, 0.4) is 0 Å².